The van der Waals surface area contributed by atoms with Gasteiger partial charge in [0.1, 0.15) is 5.82 Å². The Balaban J connectivity index is 1.69. The molecule has 28 heavy (non-hydrogen) atoms. The van der Waals surface area contributed by atoms with E-state index in [0.717, 1.165) is 0 Å². The van der Waals surface area contributed by atoms with Crippen molar-refractivity contribution in [3.05, 3.63) is 77.5 Å². The minimum atomic E-state index is -0.427. The van der Waals surface area contributed by atoms with Gasteiger partial charge in [-0.15, -0.1) is 0 Å². The van der Waals surface area contributed by atoms with Crippen molar-refractivity contribution in [3.63, 3.8) is 0 Å². The van der Waals surface area contributed by atoms with E-state index in [0.29, 0.717) is 22.6 Å². The second-order valence-electron chi connectivity index (χ2n) is 5.97. The molecule has 1 heterocycles. The highest BCUT2D eigenvalue weighted by Crippen LogP contribution is 2.14. The lowest BCUT2D eigenvalue weighted by Crippen LogP contribution is -2.18. The van der Waals surface area contributed by atoms with Crippen LogP contribution in [0.3, 0.4) is 0 Å². The van der Waals surface area contributed by atoms with Gasteiger partial charge in [0.25, 0.3) is 17.7 Å². The maximum atomic E-state index is 12.4. The van der Waals surface area contributed by atoms with Crippen LogP contribution < -0.4 is 16.0 Å². The summed E-state index contributed by atoms with van der Waals surface area (Å²) in [5.41, 5.74) is 1.68. The summed E-state index contributed by atoms with van der Waals surface area (Å²) < 4.78 is 1.42. The number of nitrogens with one attached hydrogen (secondary N) is 3. The quantitative estimate of drug-likeness (QED) is 0.634. The van der Waals surface area contributed by atoms with E-state index in [2.05, 4.69) is 21.0 Å². The summed E-state index contributed by atoms with van der Waals surface area (Å²) in [6, 6.07) is 16.7. The molecule has 8 nitrogen and oxygen atoms in total. The molecule has 8 heteroatoms. The first-order valence-electron chi connectivity index (χ1n) is 8.52. The number of carbonyl (C=O) groups excluding carboxylic acids is 3. The number of anilines is 2. The third-order valence-electron chi connectivity index (χ3n) is 4.02. The lowest BCUT2D eigenvalue weighted by Gasteiger charge is -2.04. The van der Waals surface area contributed by atoms with Crippen LogP contribution >= 0.6 is 0 Å². The van der Waals surface area contributed by atoms with Crippen LogP contribution in [-0.4, -0.2) is 34.5 Å². The summed E-state index contributed by atoms with van der Waals surface area (Å²) in [6.45, 7) is 0. The van der Waals surface area contributed by atoms with Gasteiger partial charge in [-0.25, -0.2) is 0 Å². The fraction of sp³-hybridized carbons (Fsp3) is 0.100. The first-order valence-corrected chi connectivity index (χ1v) is 8.52. The van der Waals surface area contributed by atoms with Crippen LogP contribution in [0.15, 0.2) is 60.7 Å². The highest BCUT2D eigenvalue weighted by Gasteiger charge is 2.15. The molecule has 1 aromatic heterocycles. The van der Waals surface area contributed by atoms with Crippen molar-refractivity contribution in [2.75, 3.05) is 17.7 Å². The van der Waals surface area contributed by atoms with Crippen molar-refractivity contribution in [1.29, 1.82) is 0 Å². The largest absolute Gasteiger partial charge is 0.355 e. The van der Waals surface area contributed by atoms with Gasteiger partial charge in [-0.3, -0.25) is 19.1 Å². The average molecular weight is 377 g/mol. The average Bonchev–Trinajstić information content (AvgIpc) is 3.09. The molecule has 0 atom stereocenters. The van der Waals surface area contributed by atoms with Crippen LogP contribution in [0.1, 0.15) is 31.2 Å². The Morgan fingerprint density at radius 2 is 1.46 bits per heavy atom. The van der Waals surface area contributed by atoms with Gasteiger partial charge in [0.05, 0.1) is 0 Å². The zero-order valence-electron chi connectivity index (χ0n) is 15.4. The molecule has 0 aliphatic rings. The lowest BCUT2D eigenvalue weighted by atomic mass is 10.2. The van der Waals surface area contributed by atoms with Crippen LogP contribution in [0.25, 0.3) is 0 Å². The number of hydrogen-bond donors (Lipinski definition) is 3. The van der Waals surface area contributed by atoms with E-state index >= 15 is 0 Å². The number of carbonyl (C=O) groups is 3. The summed E-state index contributed by atoms with van der Waals surface area (Å²) in [4.78, 5) is 36.2. The van der Waals surface area contributed by atoms with Crippen LogP contribution in [0.5, 0.6) is 0 Å². The molecule has 142 valence electrons. The molecule has 3 rings (SSSR count). The molecule has 0 aliphatic heterocycles. The molecule has 3 N–H and O–H groups in total. The predicted molar refractivity (Wildman–Crippen MR) is 105 cm³/mol. The molecule has 0 fully saturated rings. The van der Waals surface area contributed by atoms with E-state index in [9.17, 15) is 14.4 Å². The first kappa shape index (κ1) is 18.8. The molecular formula is C20H19N5O3. The Hall–Kier alpha value is -3.94. The van der Waals surface area contributed by atoms with Gasteiger partial charge in [0.2, 0.25) is 0 Å². The maximum Gasteiger partial charge on any atom is 0.276 e. The highest BCUT2D eigenvalue weighted by atomic mass is 16.2. The Morgan fingerprint density at radius 1 is 0.821 bits per heavy atom. The molecule has 2 aromatic carbocycles. The van der Waals surface area contributed by atoms with E-state index < -0.39 is 5.91 Å². The summed E-state index contributed by atoms with van der Waals surface area (Å²) >= 11 is 0. The standard InChI is InChI=1S/C20H19N5O3/c1-21-18(26)14-8-10-15(11-9-14)22-20(28)16-12-17(25(2)24-16)23-19(27)13-6-4-3-5-7-13/h3-12H,1-2H3,(H,21,26)(H,22,28)(H,23,27). The van der Waals surface area contributed by atoms with E-state index in [-0.39, 0.29) is 17.5 Å². The van der Waals surface area contributed by atoms with Crippen LogP contribution in [0, 0.1) is 0 Å². The molecule has 3 aromatic rings. The molecule has 0 bridgehead atoms. The molecule has 0 saturated heterocycles. The second kappa shape index (κ2) is 8.17. The molecule has 0 unspecified atom stereocenters. The number of aromatic nitrogens is 2. The van der Waals surface area contributed by atoms with Gasteiger partial charge in [0.15, 0.2) is 5.69 Å². The maximum absolute atomic E-state index is 12.4. The van der Waals surface area contributed by atoms with Crippen molar-refractivity contribution in [3.8, 4) is 0 Å². The Bertz CT molecular complexity index is 1010. The van der Waals surface area contributed by atoms with Crippen molar-refractivity contribution in [1.82, 2.24) is 15.1 Å². The fourth-order valence-corrected chi connectivity index (χ4v) is 2.52. The zero-order valence-corrected chi connectivity index (χ0v) is 15.4. The minimum absolute atomic E-state index is 0.154. The lowest BCUT2D eigenvalue weighted by molar-refractivity contribution is 0.0961. The number of rotatable bonds is 5. The Labute approximate surface area is 161 Å². The normalized spacial score (nSPS) is 10.2. The van der Waals surface area contributed by atoms with Gasteiger partial charge in [-0.2, -0.15) is 5.10 Å². The third kappa shape index (κ3) is 4.24. The van der Waals surface area contributed by atoms with Crippen LogP contribution in [-0.2, 0) is 7.05 Å². The van der Waals surface area contributed by atoms with Crippen molar-refractivity contribution < 1.29 is 14.4 Å². The van der Waals surface area contributed by atoms with Crippen molar-refractivity contribution >= 4 is 29.2 Å². The molecule has 3 amide bonds. The molecular weight excluding hydrogens is 358 g/mol. The van der Waals surface area contributed by atoms with E-state index in [1.165, 1.54) is 10.7 Å². The first-order chi connectivity index (χ1) is 13.5. The second-order valence-corrected chi connectivity index (χ2v) is 5.97. The van der Waals surface area contributed by atoms with Gasteiger partial charge >= 0.3 is 0 Å². The fourth-order valence-electron chi connectivity index (χ4n) is 2.52. The summed E-state index contributed by atoms with van der Waals surface area (Å²) in [5.74, 6) is -0.528. The number of hydrogen-bond acceptors (Lipinski definition) is 4. The van der Waals surface area contributed by atoms with Crippen LogP contribution in [0.2, 0.25) is 0 Å². The summed E-state index contributed by atoms with van der Waals surface area (Å²) in [7, 11) is 3.18. The topological polar surface area (TPSA) is 105 Å². The molecule has 0 aliphatic carbocycles. The van der Waals surface area contributed by atoms with Gasteiger partial charge in [-0.1, -0.05) is 18.2 Å². The molecule has 0 saturated carbocycles. The Kier molecular flexibility index (Phi) is 5.50. The van der Waals surface area contributed by atoms with Crippen molar-refractivity contribution in [2.24, 2.45) is 7.05 Å². The van der Waals surface area contributed by atoms with Crippen LogP contribution in [0.4, 0.5) is 11.5 Å². The minimum Gasteiger partial charge on any atom is -0.355 e. The van der Waals surface area contributed by atoms with E-state index in [1.54, 1.807) is 62.6 Å². The smallest absolute Gasteiger partial charge is 0.276 e. The summed E-state index contributed by atoms with van der Waals surface area (Å²) in [5, 5.41) is 12.1. The molecule has 0 radical (unpaired) electrons. The summed E-state index contributed by atoms with van der Waals surface area (Å²) in [6.07, 6.45) is 0. The number of benzene rings is 2. The molecule has 0 spiro atoms. The van der Waals surface area contributed by atoms with Gasteiger partial charge in [0, 0.05) is 37.0 Å². The van der Waals surface area contributed by atoms with Crippen molar-refractivity contribution in [2.45, 2.75) is 0 Å². The van der Waals surface area contributed by atoms with Gasteiger partial charge < -0.3 is 16.0 Å². The number of nitrogens with zero attached hydrogens (tertiary/aromatic N) is 2. The predicted octanol–water partition coefficient (Wildman–Crippen LogP) is 2.28. The Morgan fingerprint density at radius 3 is 2.11 bits per heavy atom. The van der Waals surface area contributed by atoms with Gasteiger partial charge in [-0.05, 0) is 36.4 Å². The van der Waals surface area contributed by atoms with E-state index in [1.807, 2.05) is 6.07 Å². The number of amides is 3. The third-order valence-corrected chi connectivity index (χ3v) is 4.02. The zero-order chi connectivity index (χ0) is 20.1. The number of aryl methyl sites for hydroxylation is 1. The SMILES string of the molecule is CNC(=O)c1ccc(NC(=O)c2cc(NC(=O)c3ccccc3)n(C)n2)cc1. The highest BCUT2D eigenvalue weighted by molar-refractivity contribution is 6.06. The van der Waals surface area contributed by atoms with E-state index in [4.69, 9.17) is 0 Å². The monoisotopic (exact) mass is 377 g/mol.